The third kappa shape index (κ3) is 5.75. The van der Waals surface area contributed by atoms with Crippen LogP contribution in [0.5, 0.6) is 0 Å². The van der Waals surface area contributed by atoms with E-state index >= 15 is 0 Å². The Morgan fingerprint density at radius 3 is 2.45 bits per heavy atom. The Labute approximate surface area is 185 Å². The number of carbonyl (C=O) groups excluding carboxylic acids is 2. The maximum atomic E-state index is 13.1. The van der Waals surface area contributed by atoms with Gasteiger partial charge in [0.15, 0.2) is 12.1 Å². The fraction of sp³-hybridized carbons (Fsp3) is 0.792. The van der Waals surface area contributed by atoms with Crippen molar-refractivity contribution in [1.82, 2.24) is 10.1 Å². The normalized spacial score (nSPS) is 20.7. The van der Waals surface area contributed by atoms with Gasteiger partial charge in [-0.05, 0) is 46.0 Å². The molecule has 0 spiro atoms. The zero-order chi connectivity index (χ0) is 22.6. The molecule has 7 nitrogen and oxygen atoms in total. The van der Waals surface area contributed by atoms with E-state index in [1.807, 2.05) is 19.9 Å². The molecule has 0 radical (unpaired) electrons. The van der Waals surface area contributed by atoms with Gasteiger partial charge in [-0.3, -0.25) is 9.59 Å². The summed E-state index contributed by atoms with van der Waals surface area (Å²) in [5, 5.41) is 4.20. The first-order valence-corrected chi connectivity index (χ1v) is 11.6. The maximum Gasteiger partial charge on any atom is 0.226 e. The minimum Gasteiger partial charge on any atom is -0.361 e. The van der Waals surface area contributed by atoms with Crippen LogP contribution in [0.1, 0.15) is 84.1 Å². The highest BCUT2D eigenvalue weighted by atomic mass is 16.7. The van der Waals surface area contributed by atoms with E-state index in [2.05, 4.69) is 5.16 Å². The number of ether oxygens (including phenoxy) is 2. The van der Waals surface area contributed by atoms with E-state index in [0.717, 1.165) is 57.2 Å². The van der Waals surface area contributed by atoms with Crippen molar-refractivity contribution in [1.29, 1.82) is 0 Å². The predicted molar refractivity (Wildman–Crippen MR) is 117 cm³/mol. The summed E-state index contributed by atoms with van der Waals surface area (Å²) in [6.45, 7) is 8.90. The number of hydrogen-bond acceptors (Lipinski definition) is 6. The van der Waals surface area contributed by atoms with Gasteiger partial charge in [0.2, 0.25) is 5.91 Å². The quantitative estimate of drug-likeness (QED) is 0.584. The highest BCUT2D eigenvalue weighted by Gasteiger charge is 2.39. The molecular weight excluding hydrogens is 396 g/mol. The molecule has 1 saturated heterocycles. The van der Waals surface area contributed by atoms with E-state index in [9.17, 15) is 9.59 Å². The van der Waals surface area contributed by atoms with Crippen LogP contribution in [0.15, 0.2) is 10.6 Å². The van der Waals surface area contributed by atoms with Crippen molar-refractivity contribution in [3.8, 4) is 0 Å². The van der Waals surface area contributed by atoms with Crippen LogP contribution in [0, 0.1) is 5.92 Å². The highest BCUT2D eigenvalue weighted by molar-refractivity contribution is 5.93. The number of nitrogens with zero attached hydrogens (tertiary/aromatic N) is 2. The molecule has 1 saturated carbocycles. The molecule has 2 fully saturated rings. The van der Waals surface area contributed by atoms with Crippen LogP contribution in [0.2, 0.25) is 0 Å². The van der Waals surface area contributed by atoms with E-state index < -0.39 is 5.54 Å². The van der Waals surface area contributed by atoms with Crippen molar-refractivity contribution in [3.63, 3.8) is 0 Å². The average Bonchev–Trinajstić information content (AvgIpc) is 3.44. The van der Waals surface area contributed by atoms with Gasteiger partial charge in [0.1, 0.15) is 5.76 Å². The molecule has 1 unspecified atom stereocenters. The molecule has 7 heteroatoms. The van der Waals surface area contributed by atoms with Crippen LogP contribution < -0.4 is 0 Å². The van der Waals surface area contributed by atoms with Crippen LogP contribution in [0.3, 0.4) is 0 Å². The number of rotatable bonds is 9. The lowest BCUT2D eigenvalue weighted by Gasteiger charge is -2.35. The van der Waals surface area contributed by atoms with Crippen LogP contribution in [-0.4, -0.2) is 53.8 Å². The SMILES string of the molecule is CN(C(=O)C1CCCC1)C(C)(C)C(=O)Cc1cc(C(C)(C)COC2CCCCO2)no1. The van der Waals surface area contributed by atoms with E-state index in [-0.39, 0.29) is 35.7 Å². The molecule has 1 aromatic rings. The number of hydrogen-bond donors (Lipinski definition) is 0. The van der Waals surface area contributed by atoms with Gasteiger partial charge in [0.05, 0.1) is 24.3 Å². The molecule has 3 rings (SSSR count). The van der Waals surface area contributed by atoms with E-state index in [0.29, 0.717) is 12.4 Å². The van der Waals surface area contributed by atoms with Crippen molar-refractivity contribution >= 4 is 11.7 Å². The summed E-state index contributed by atoms with van der Waals surface area (Å²) in [6, 6.07) is 1.83. The van der Waals surface area contributed by atoms with Crippen LogP contribution in [0.4, 0.5) is 0 Å². The van der Waals surface area contributed by atoms with Gasteiger partial charge < -0.3 is 18.9 Å². The Hall–Kier alpha value is -1.73. The lowest BCUT2D eigenvalue weighted by molar-refractivity contribution is -0.170. The Balaban J connectivity index is 1.58. The van der Waals surface area contributed by atoms with Gasteiger partial charge in [0.25, 0.3) is 0 Å². The van der Waals surface area contributed by atoms with Crippen molar-refractivity contribution in [2.24, 2.45) is 5.92 Å². The van der Waals surface area contributed by atoms with Crippen LogP contribution in [-0.2, 0) is 30.9 Å². The molecule has 174 valence electrons. The van der Waals surface area contributed by atoms with Crippen LogP contribution in [0.25, 0.3) is 0 Å². The monoisotopic (exact) mass is 434 g/mol. The molecule has 0 N–H and O–H groups in total. The first kappa shape index (κ1) is 23.9. The summed E-state index contributed by atoms with van der Waals surface area (Å²) in [7, 11) is 1.73. The van der Waals surface area contributed by atoms with Crippen molar-refractivity contribution in [2.75, 3.05) is 20.3 Å². The second-order valence-corrected chi connectivity index (χ2v) is 10.2. The molecule has 0 aromatic carbocycles. The average molecular weight is 435 g/mol. The van der Waals surface area contributed by atoms with Crippen molar-refractivity contribution in [3.05, 3.63) is 17.5 Å². The maximum absolute atomic E-state index is 13.1. The minimum absolute atomic E-state index is 0.0444. The van der Waals surface area contributed by atoms with E-state index in [1.165, 1.54) is 0 Å². The van der Waals surface area contributed by atoms with Gasteiger partial charge in [-0.25, -0.2) is 0 Å². The van der Waals surface area contributed by atoms with Gasteiger partial charge in [-0.15, -0.1) is 0 Å². The zero-order valence-corrected chi connectivity index (χ0v) is 19.7. The molecular formula is C24H38N2O5. The standard InChI is InChI=1S/C24H38N2O5/c1-23(2,16-30-21-12-8-9-13-29-21)19-14-18(31-25-19)15-20(27)24(3,4)26(5)22(28)17-10-6-7-11-17/h14,17,21H,6-13,15-16H2,1-5H3. The number of likely N-dealkylation sites (N-methyl/N-ethyl adjacent to an activating group) is 1. The fourth-order valence-electron chi connectivity index (χ4n) is 4.22. The topological polar surface area (TPSA) is 81.9 Å². The van der Waals surface area contributed by atoms with Crippen LogP contribution >= 0.6 is 0 Å². The number of aromatic nitrogens is 1. The number of ketones is 1. The van der Waals surface area contributed by atoms with E-state index in [4.69, 9.17) is 14.0 Å². The summed E-state index contributed by atoms with van der Waals surface area (Å²) in [4.78, 5) is 27.5. The van der Waals surface area contributed by atoms with E-state index in [1.54, 1.807) is 25.8 Å². The van der Waals surface area contributed by atoms with Crippen molar-refractivity contribution < 1.29 is 23.6 Å². The summed E-state index contributed by atoms with van der Waals surface area (Å²) < 4.78 is 17.1. The molecule has 2 heterocycles. The minimum atomic E-state index is -0.899. The summed E-state index contributed by atoms with van der Waals surface area (Å²) in [5.74, 6) is 0.561. The number of carbonyl (C=O) groups is 2. The zero-order valence-electron chi connectivity index (χ0n) is 19.7. The molecule has 1 aliphatic carbocycles. The smallest absolute Gasteiger partial charge is 0.226 e. The summed E-state index contributed by atoms with van der Waals surface area (Å²) in [5.41, 5.74) is -0.515. The largest absolute Gasteiger partial charge is 0.361 e. The molecule has 1 aliphatic heterocycles. The molecule has 1 aromatic heterocycles. The predicted octanol–water partition coefficient (Wildman–Crippen LogP) is 4.03. The molecule has 0 bridgehead atoms. The Morgan fingerprint density at radius 2 is 1.81 bits per heavy atom. The third-order valence-electron chi connectivity index (χ3n) is 6.91. The second kappa shape index (κ2) is 9.82. The Kier molecular flexibility index (Phi) is 7.58. The van der Waals surface area contributed by atoms with Gasteiger partial charge >= 0.3 is 0 Å². The molecule has 1 atom stereocenters. The van der Waals surface area contributed by atoms with Gasteiger partial charge in [-0.2, -0.15) is 0 Å². The summed E-state index contributed by atoms with van der Waals surface area (Å²) in [6.07, 6.45) is 7.08. The second-order valence-electron chi connectivity index (χ2n) is 10.2. The van der Waals surface area contributed by atoms with Gasteiger partial charge in [-0.1, -0.05) is 31.8 Å². The first-order chi connectivity index (χ1) is 14.6. The van der Waals surface area contributed by atoms with Gasteiger partial charge in [0, 0.05) is 31.1 Å². The number of Topliss-reactive ketones (excluding diaryl/α,β-unsaturated/α-hetero) is 1. The first-order valence-electron chi connectivity index (χ1n) is 11.6. The fourth-order valence-corrected chi connectivity index (χ4v) is 4.22. The third-order valence-corrected chi connectivity index (χ3v) is 6.91. The number of amides is 1. The van der Waals surface area contributed by atoms with Crippen molar-refractivity contribution in [2.45, 2.75) is 96.3 Å². The Bertz CT molecular complexity index is 758. The summed E-state index contributed by atoms with van der Waals surface area (Å²) >= 11 is 0. The molecule has 2 aliphatic rings. The Morgan fingerprint density at radius 1 is 1.13 bits per heavy atom. The molecule has 1 amide bonds. The lowest BCUT2D eigenvalue weighted by Crippen LogP contribution is -2.52. The highest BCUT2D eigenvalue weighted by Crippen LogP contribution is 2.30. The lowest BCUT2D eigenvalue weighted by atomic mass is 9.89. The molecule has 31 heavy (non-hydrogen) atoms.